The molecule has 0 radical (unpaired) electrons. The Balaban J connectivity index is 1.77. The molecular weight excluding hydrogens is 431 g/mol. The minimum absolute atomic E-state index is 0.00102. The van der Waals surface area contributed by atoms with Crippen molar-refractivity contribution in [3.63, 3.8) is 0 Å². The Morgan fingerprint density at radius 1 is 1.25 bits per heavy atom. The largest absolute Gasteiger partial charge is 0.433 e. The maximum Gasteiger partial charge on any atom is 0.433 e. The van der Waals surface area contributed by atoms with E-state index in [0.29, 0.717) is 5.56 Å². The molecule has 13 heteroatoms. The lowest BCUT2D eigenvalue weighted by molar-refractivity contribution is -0.141. The summed E-state index contributed by atoms with van der Waals surface area (Å²) in [6.45, 7) is 3.85. The van der Waals surface area contributed by atoms with Gasteiger partial charge in [0.25, 0.3) is 11.5 Å². The van der Waals surface area contributed by atoms with E-state index in [-0.39, 0.29) is 36.1 Å². The molecule has 0 fully saturated rings. The lowest BCUT2D eigenvalue weighted by atomic mass is 10.2. The number of hydrogen-bond donors (Lipinski definition) is 3. The van der Waals surface area contributed by atoms with Gasteiger partial charge in [-0.25, -0.2) is 4.79 Å². The summed E-state index contributed by atoms with van der Waals surface area (Å²) >= 11 is 0. The van der Waals surface area contributed by atoms with Crippen LogP contribution >= 0.6 is 0 Å². The predicted molar refractivity (Wildman–Crippen MR) is 109 cm³/mol. The molecule has 0 aromatic carbocycles. The number of nitrogens with two attached hydrogens (primary N) is 1. The first kappa shape index (κ1) is 22.8. The molecule has 3 aromatic rings. The van der Waals surface area contributed by atoms with Crippen molar-refractivity contribution in [2.24, 2.45) is 5.92 Å². The van der Waals surface area contributed by atoms with Crippen molar-refractivity contribution >= 4 is 17.4 Å². The normalized spacial score (nSPS) is 11.7. The molecule has 3 rings (SSSR count). The van der Waals surface area contributed by atoms with E-state index in [4.69, 9.17) is 5.73 Å². The van der Waals surface area contributed by atoms with E-state index >= 15 is 0 Å². The first-order valence-corrected chi connectivity index (χ1v) is 9.44. The van der Waals surface area contributed by atoms with E-state index in [1.807, 2.05) is 13.8 Å². The van der Waals surface area contributed by atoms with Crippen molar-refractivity contribution in [1.29, 1.82) is 0 Å². The molecule has 0 saturated heterocycles. The zero-order valence-corrected chi connectivity index (χ0v) is 17.1. The molecule has 3 heterocycles. The van der Waals surface area contributed by atoms with Gasteiger partial charge in [-0.05, 0) is 17.5 Å². The van der Waals surface area contributed by atoms with Gasteiger partial charge in [-0.15, -0.1) is 0 Å². The fourth-order valence-corrected chi connectivity index (χ4v) is 2.87. The molecule has 4 N–H and O–H groups in total. The summed E-state index contributed by atoms with van der Waals surface area (Å²) in [4.78, 5) is 42.8. The number of alkyl halides is 3. The van der Waals surface area contributed by atoms with Gasteiger partial charge in [0, 0.05) is 18.9 Å². The van der Waals surface area contributed by atoms with Crippen molar-refractivity contribution < 1.29 is 18.0 Å². The van der Waals surface area contributed by atoms with Gasteiger partial charge < -0.3 is 11.1 Å². The number of nitrogens with one attached hydrogen (secondary N) is 2. The SMILES string of the molecule is CC(C)Cn1c(=O)[nH]c(N)c(NC(=O)c2cnn(Cc3ccc(C(F)(F)F)nc3)c2)c1=O. The number of halogens is 3. The van der Waals surface area contributed by atoms with Gasteiger partial charge in [0.05, 0.1) is 18.3 Å². The molecule has 0 bridgehead atoms. The highest BCUT2D eigenvalue weighted by Gasteiger charge is 2.32. The van der Waals surface area contributed by atoms with Crippen LogP contribution in [-0.4, -0.2) is 30.2 Å². The summed E-state index contributed by atoms with van der Waals surface area (Å²) < 4.78 is 40.1. The molecule has 32 heavy (non-hydrogen) atoms. The highest BCUT2D eigenvalue weighted by molar-refractivity contribution is 6.05. The number of H-pyrrole nitrogens is 1. The molecule has 0 aliphatic carbocycles. The van der Waals surface area contributed by atoms with Crippen molar-refractivity contribution in [2.45, 2.75) is 33.1 Å². The van der Waals surface area contributed by atoms with E-state index in [2.05, 4.69) is 20.4 Å². The summed E-state index contributed by atoms with van der Waals surface area (Å²) in [5, 5.41) is 6.37. The smallest absolute Gasteiger partial charge is 0.383 e. The molecular formula is C19H20F3N7O3. The third-order valence-corrected chi connectivity index (χ3v) is 4.36. The Kier molecular flexibility index (Phi) is 6.18. The maximum atomic E-state index is 12.6. The zero-order chi connectivity index (χ0) is 23.6. The van der Waals surface area contributed by atoms with Crippen molar-refractivity contribution in [3.8, 4) is 0 Å². The lowest BCUT2D eigenvalue weighted by Gasteiger charge is -2.12. The van der Waals surface area contributed by atoms with Crippen LogP contribution in [0.1, 0.15) is 35.5 Å². The van der Waals surface area contributed by atoms with E-state index in [0.717, 1.165) is 16.8 Å². The second-order valence-corrected chi connectivity index (χ2v) is 7.46. The molecule has 170 valence electrons. The second kappa shape index (κ2) is 8.69. The molecule has 0 saturated carbocycles. The Morgan fingerprint density at radius 2 is 1.97 bits per heavy atom. The van der Waals surface area contributed by atoms with Gasteiger partial charge in [-0.3, -0.25) is 28.8 Å². The van der Waals surface area contributed by atoms with Gasteiger partial charge in [-0.2, -0.15) is 18.3 Å². The lowest BCUT2D eigenvalue weighted by Crippen LogP contribution is -2.39. The molecule has 0 aliphatic rings. The molecule has 0 spiro atoms. The monoisotopic (exact) mass is 451 g/mol. The summed E-state index contributed by atoms with van der Waals surface area (Å²) in [5.41, 5.74) is 3.52. The summed E-state index contributed by atoms with van der Waals surface area (Å²) in [6, 6.07) is 2.11. The van der Waals surface area contributed by atoms with E-state index in [1.165, 1.54) is 23.1 Å². The van der Waals surface area contributed by atoms with E-state index in [9.17, 15) is 27.6 Å². The predicted octanol–water partition coefficient (Wildman–Crippen LogP) is 1.69. The molecule has 10 nitrogen and oxygen atoms in total. The number of rotatable bonds is 6. The Morgan fingerprint density at radius 3 is 2.56 bits per heavy atom. The van der Waals surface area contributed by atoms with Crippen LogP contribution in [-0.2, 0) is 19.3 Å². The van der Waals surface area contributed by atoms with Gasteiger partial charge >= 0.3 is 11.9 Å². The van der Waals surface area contributed by atoms with Gasteiger partial charge in [0.2, 0.25) is 0 Å². The van der Waals surface area contributed by atoms with Gasteiger partial charge in [0.15, 0.2) is 0 Å². The Hall–Kier alpha value is -3.90. The minimum Gasteiger partial charge on any atom is -0.383 e. The number of carbonyl (C=O) groups excluding carboxylic acids is 1. The number of aromatic nitrogens is 5. The Bertz CT molecular complexity index is 1240. The van der Waals surface area contributed by atoms with Crippen LogP contribution in [0.15, 0.2) is 40.3 Å². The molecule has 0 aliphatic heterocycles. The van der Waals surface area contributed by atoms with E-state index in [1.54, 1.807) is 0 Å². The van der Waals surface area contributed by atoms with Crippen LogP contribution < -0.4 is 22.3 Å². The number of carbonyl (C=O) groups is 1. The van der Waals surface area contributed by atoms with Crippen LogP contribution in [0.5, 0.6) is 0 Å². The number of amides is 1. The average molecular weight is 451 g/mol. The van der Waals surface area contributed by atoms with Crippen LogP contribution in [0.3, 0.4) is 0 Å². The van der Waals surface area contributed by atoms with Gasteiger partial charge in [-0.1, -0.05) is 19.9 Å². The third-order valence-electron chi connectivity index (χ3n) is 4.36. The number of hydrogen-bond acceptors (Lipinski definition) is 6. The van der Waals surface area contributed by atoms with Crippen molar-refractivity contribution in [1.82, 2.24) is 24.3 Å². The second-order valence-electron chi connectivity index (χ2n) is 7.46. The average Bonchev–Trinajstić information content (AvgIpc) is 3.16. The first-order chi connectivity index (χ1) is 15.0. The third kappa shape index (κ3) is 5.04. The van der Waals surface area contributed by atoms with Crippen LogP contribution in [0, 0.1) is 5.92 Å². The molecule has 1 amide bonds. The fraction of sp³-hybridized carbons (Fsp3) is 0.316. The quantitative estimate of drug-likeness (QED) is 0.521. The maximum absolute atomic E-state index is 12.6. The van der Waals surface area contributed by atoms with Crippen LogP contribution in [0.2, 0.25) is 0 Å². The number of nitrogen functional groups attached to an aromatic ring is 1. The van der Waals surface area contributed by atoms with Crippen molar-refractivity contribution in [3.05, 3.63) is 68.4 Å². The molecule has 0 atom stereocenters. The first-order valence-electron chi connectivity index (χ1n) is 9.44. The number of pyridine rings is 1. The fourth-order valence-electron chi connectivity index (χ4n) is 2.87. The summed E-state index contributed by atoms with van der Waals surface area (Å²) in [7, 11) is 0. The molecule has 0 unspecified atom stereocenters. The summed E-state index contributed by atoms with van der Waals surface area (Å²) in [6.07, 6.45) is -0.891. The Labute approximate surface area is 178 Å². The highest BCUT2D eigenvalue weighted by Crippen LogP contribution is 2.27. The van der Waals surface area contributed by atoms with E-state index < -0.39 is 29.0 Å². The van der Waals surface area contributed by atoms with Crippen LogP contribution in [0.4, 0.5) is 24.7 Å². The standard InChI is InChI=1S/C19H20F3N7O3/c1-10(2)7-29-17(31)14(15(23)27-18(29)32)26-16(30)12-6-25-28(9-12)8-11-3-4-13(24-5-11)19(20,21)22/h3-6,9-10H,7-8,23H2,1-2H3,(H,26,30)(H,27,32). The number of anilines is 2. The minimum atomic E-state index is -4.53. The zero-order valence-electron chi connectivity index (χ0n) is 17.1. The highest BCUT2D eigenvalue weighted by atomic mass is 19.4. The summed E-state index contributed by atoms with van der Waals surface area (Å²) in [5.74, 6) is -0.982. The topological polar surface area (TPSA) is 141 Å². The van der Waals surface area contributed by atoms with Gasteiger partial charge in [0.1, 0.15) is 17.2 Å². The molecule has 3 aromatic heterocycles. The van der Waals surface area contributed by atoms with Crippen molar-refractivity contribution in [2.75, 3.05) is 11.1 Å². The number of aromatic amines is 1. The van der Waals surface area contributed by atoms with Crippen LogP contribution in [0.25, 0.3) is 0 Å². The number of nitrogens with zero attached hydrogens (tertiary/aromatic N) is 4.